The van der Waals surface area contributed by atoms with Crippen molar-refractivity contribution in [2.24, 2.45) is 0 Å². The standard InChI is InChI=1S/C12H14N4O/c1-16(8-9-3-2-4-14-6-9)12(17)11-5-10(13)7-15-11/h2-7,15H,8,13H2,1H3. The number of nitrogens with two attached hydrogens (primary N) is 1. The zero-order valence-electron chi connectivity index (χ0n) is 9.55. The molecule has 0 spiro atoms. The quantitative estimate of drug-likeness (QED) is 0.833. The molecule has 0 aliphatic heterocycles. The number of aromatic nitrogens is 2. The summed E-state index contributed by atoms with van der Waals surface area (Å²) in [5.74, 6) is -0.0921. The molecule has 0 unspecified atom stereocenters. The van der Waals surface area contributed by atoms with Crippen molar-refractivity contribution in [3.05, 3.63) is 48.0 Å². The van der Waals surface area contributed by atoms with Gasteiger partial charge in [0.25, 0.3) is 5.91 Å². The molecule has 0 aliphatic carbocycles. The van der Waals surface area contributed by atoms with Gasteiger partial charge in [-0.1, -0.05) is 6.07 Å². The number of aromatic amines is 1. The zero-order valence-corrected chi connectivity index (χ0v) is 9.55. The molecule has 0 aliphatic rings. The normalized spacial score (nSPS) is 10.2. The Hall–Kier alpha value is -2.30. The largest absolute Gasteiger partial charge is 0.397 e. The maximum Gasteiger partial charge on any atom is 0.270 e. The first kappa shape index (κ1) is 11.2. The molecule has 17 heavy (non-hydrogen) atoms. The highest BCUT2D eigenvalue weighted by Crippen LogP contribution is 2.09. The van der Waals surface area contributed by atoms with Gasteiger partial charge in [-0.3, -0.25) is 9.78 Å². The van der Waals surface area contributed by atoms with E-state index in [0.29, 0.717) is 17.9 Å². The molecular weight excluding hydrogens is 216 g/mol. The first-order valence-electron chi connectivity index (χ1n) is 5.25. The van der Waals surface area contributed by atoms with E-state index in [1.165, 1.54) is 0 Å². The van der Waals surface area contributed by atoms with Crippen LogP contribution in [0.25, 0.3) is 0 Å². The summed E-state index contributed by atoms with van der Waals surface area (Å²) >= 11 is 0. The van der Waals surface area contributed by atoms with Gasteiger partial charge in [0, 0.05) is 37.9 Å². The third-order valence-electron chi connectivity index (χ3n) is 2.42. The number of nitrogen functional groups attached to an aromatic ring is 1. The molecule has 0 atom stereocenters. The van der Waals surface area contributed by atoms with E-state index in [0.717, 1.165) is 5.56 Å². The van der Waals surface area contributed by atoms with Crippen LogP contribution >= 0.6 is 0 Å². The first-order chi connectivity index (χ1) is 8.16. The monoisotopic (exact) mass is 230 g/mol. The fourth-order valence-corrected chi connectivity index (χ4v) is 1.58. The molecule has 0 saturated carbocycles. The molecule has 5 heteroatoms. The zero-order chi connectivity index (χ0) is 12.3. The van der Waals surface area contributed by atoms with Crippen molar-refractivity contribution in [2.75, 3.05) is 12.8 Å². The predicted octanol–water partition coefficient (Wildman–Crippen LogP) is 1.26. The van der Waals surface area contributed by atoms with Gasteiger partial charge in [0.1, 0.15) is 5.69 Å². The third-order valence-corrected chi connectivity index (χ3v) is 2.42. The van der Waals surface area contributed by atoms with Gasteiger partial charge in [0.2, 0.25) is 0 Å². The summed E-state index contributed by atoms with van der Waals surface area (Å²) in [6, 6.07) is 5.40. The van der Waals surface area contributed by atoms with E-state index in [1.54, 1.807) is 36.6 Å². The SMILES string of the molecule is CN(Cc1cccnc1)C(=O)c1cc(N)c[nH]1. The van der Waals surface area contributed by atoms with Crippen LogP contribution < -0.4 is 5.73 Å². The molecule has 2 rings (SSSR count). The Labute approximate surface area is 99.3 Å². The summed E-state index contributed by atoms with van der Waals surface area (Å²) in [6.07, 6.45) is 5.05. The molecule has 0 fully saturated rings. The predicted molar refractivity (Wildman–Crippen MR) is 65.2 cm³/mol. The van der Waals surface area contributed by atoms with Crippen LogP contribution in [-0.4, -0.2) is 27.8 Å². The second-order valence-electron chi connectivity index (χ2n) is 3.87. The highest BCUT2D eigenvalue weighted by Gasteiger charge is 2.13. The van der Waals surface area contributed by atoms with Gasteiger partial charge in [-0.2, -0.15) is 0 Å². The number of carbonyl (C=O) groups is 1. The van der Waals surface area contributed by atoms with E-state index >= 15 is 0 Å². The van der Waals surface area contributed by atoms with E-state index in [1.807, 2.05) is 12.1 Å². The van der Waals surface area contributed by atoms with Crippen molar-refractivity contribution in [3.63, 3.8) is 0 Å². The molecule has 1 amide bonds. The number of rotatable bonds is 3. The number of hydrogen-bond donors (Lipinski definition) is 2. The number of amides is 1. The number of hydrogen-bond acceptors (Lipinski definition) is 3. The molecule has 0 aromatic carbocycles. The Kier molecular flexibility index (Phi) is 3.09. The van der Waals surface area contributed by atoms with Gasteiger partial charge >= 0.3 is 0 Å². The minimum absolute atomic E-state index is 0.0921. The van der Waals surface area contributed by atoms with Crippen LogP contribution in [-0.2, 0) is 6.54 Å². The average molecular weight is 230 g/mol. The molecule has 2 aromatic heterocycles. The molecular formula is C12H14N4O. The van der Waals surface area contributed by atoms with Crippen molar-refractivity contribution in [1.29, 1.82) is 0 Å². The molecule has 88 valence electrons. The second-order valence-corrected chi connectivity index (χ2v) is 3.87. The van der Waals surface area contributed by atoms with Crippen LogP contribution in [0.15, 0.2) is 36.8 Å². The summed E-state index contributed by atoms with van der Waals surface area (Å²) in [4.78, 5) is 20.4. The molecule has 2 aromatic rings. The number of H-pyrrole nitrogens is 1. The lowest BCUT2D eigenvalue weighted by Gasteiger charge is -2.15. The van der Waals surface area contributed by atoms with Crippen LogP contribution in [0.4, 0.5) is 5.69 Å². The second kappa shape index (κ2) is 4.69. The van der Waals surface area contributed by atoms with Crippen LogP contribution in [0.1, 0.15) is 16.1 Å². The maximum atomic E-state index is 12.0. The molecule has 5 nitrogen and oxygen atoms in total. The van der Waals surface area contributed by atoms with E-state index in [-0.39, 0.29) is 5.91 Å². The number of nitrogens with one attached hydrogen (secondary N) is 1. The number of pyridine rings is 1. The fourth-order valence-electron chi connectivity index (χ4n) is 1.58. The molecule has 3 N–H and O–H groups in total. The summed E-state index contributed by atoms with van der Waals surface area (Å²) < 4.78 is 0. The minimum atomic E-state index is -0.0921. The topological polar surface area (TPSA) is 75.0 Å². The summed E-state index contributed by atoms with van der Waals surface area (Å²) in [7, 11) is 1.74. The Morgan fingerprint density at radius 1 is 1.59 bits per heavy atom. The van der Waals surface area contributed by atoms with Crippen molar-refractivity contribution >= 4 is 11.6 Å². The number of carbonyl (C=O) groups excluding carboxylic acids is 1. The smallest absolute Gasteiger partial charge is 0.270 e. The third kappa shape index (κ3) is 2.63. The minimum Gasteiger partial charge on any atom is -0.397 e. The molecule has 0 bridgehead atoms. The van der Waals surface area contributed by atoms with Gasteiger partial charge in [-0.25, -0.2) is 0 Å². The first-order valence-corrected chi connectivity index (χ1v) is 5.25. The van der Waals surface area contributed by atoms with E-state index in [9.17, 15) is 4.79 Å². The van der Waals surface area contributed by atoms with Crippen molar-refractivity contribution in [3.8, 4) is 0 Å². The van der Waals surface area contributed by atoms with Gasteiger partial charge < -0.3 is 15.6 Å². The van der Waals surface area contributed by atoms with Crippen molar-refractivity contribution in [1.82, 2.24) is 14.9 Å². The molecule has 0 radical (unpaired) electrons. The van der Waals surface area contributed by atoms with Gasteiger partial charge in [-0.05, 0) is 17.7 Å². The Balaban J connectivity index is 2.06. The number of anilines is 1. The average Bonchev–Trinajstić information content (AvgIpc) is 2.76. The van der Waals surface area contributed by atoms with Gasteiger partial charge in [0.05, 0.1) is 0 Å². The highest BCUT2D eigenvalue weighted by molar-refractivity contribution is 5.93. The van der Waals surface area contributed by atoms with E-state index in [4.69, 9.17) is 5.73 Å². The van der Waals surface area contributed by atoms with Crippen molar-refractivity contribution in [2.45, 2.75) is 6.54 Å². The lowest BCUT2D eigenvalue weighted by atomic mass is 10.2. The van der Waals surface area contributed by atoms with Gasteiger partial charge in [0.15, 0.2) is 0 Å². The molecule has 0 saturated heterocycles. The van der Waals surface area contributed by atoms with E-state index in [2.05, 4.69) is 9.97 Å². The van der Waals surface area contributed by atoms with Gasteiger partial charge in [-0.15, -0.1) is 0 Å². The Bertz CT molecular complexity index is 506. The Morgan fingerprint density at radius 2 is 2.41 bits per heavy atom. The number of nitrogens with zero attached hydrogens (tertiary/aromatic N) is 2. The fraction of sp³-hybridized carbons (Fsp3) is 0.167. The maximum absolute atomic E-state index is 12.0. The molecule has 2 heterocycles. The summed E-state index contributed by atoms with van der Waals surface area (Å²) in [6.45, 7) is 0.519. The Morgan fingerprint density at radius 3 is 3.00 bits per heavy atom. The highest BCUT2D eigenvalue weighted by atomic mass is 16.2. The van der Waals surface area contributed by atoms with Crippen LogP contribution in [0.3, 0.4) is 0 Å². The van der Waals surface area contributed by atoms with Crippen LogP contribution in [0.2, 0.25) is 0 Å². The van der Waals surface area contributed by atoms with Crippen LogP contribution in [0.5, 0.6) is 0 Å². The van der Waals surface area contributed by atoms with E-state index < -0.39 is 0 Å². The van der Waals surface area contributed by atoms with Crippen LogP contribution in [0, 0.1) is 0 Å². The summed E-state index contributed by atoms with van der Waals surface area (Å²) in [5, 5.41) is 0. The summed E-state index contributed by atoms with van der Waals surface area (Å²) in [5.41, 5.74) is 7.60. The lowest BCUT2D eigenvalue weighted by molar-refractivity contribution is 0.0780. The lowest BCUT2D eigenvalue weighted by Crippen LogP contribution is -2.26. The van der Waals surface area contributed by atoms with Crippen molar-refractivity contribution < 1.29 is 4.79 Å².